The molecule has 12 heavy (non-hydrogen) atoms. The van der Waals surface area contributed by atoms with Gasteiger partial charge in [0, 0.05) is 14.2 Å². The summed E-state index contributed by atoms with van der Waals surface area (Å²) in [6, 6.07) is 0. The summed E-state index contributed by atoms with van der Waals surface area (Å²) >= 11 is 0. The molecule has 0 rings (SSSR count). The second kappa shape index (κ2) is 11.4. The van der Waals surface area contributed by atoms with E-state index in [1.807, 2.05) is 0 Å². The monoisotopic (exact) mass is 196 g/mol. The Kier molecular flexibility index (Phi) is 17.2. The fraction of sp³-hybridized carbons (Fsp3) is 1.00. The Labute approximate surface area is 83.5 Å². The van der Waals surface area contributed by atoms with Crippen molar-refractivity contribution in [2.24, 2.45) is 0 Å². The molecule has 8 heteroatoms. The van der Waals surface area contributed by atoms with Crippen LogP contribution in [0.1, 0.15) is 0 Å². The van der Waals surface area contributed by atoms with Crippen LogP contribution in [0, 0.1) is 0 Å². The average molecular weight is 196 g/mol. The molecule has 70 valence electrons. The van der Waals surface area contributed by atoms with Crippen LogP contribution in [0.25, 0.3) is 0 Å². The number of rotatable bonds is 3. The maximum absolute atomic E-state index is 10.1. The number of ether oxygens (including phenoxy) is 2. The van der Waals surface area contributed by atoms with Gasteiger partial charge in [-0.05, 0) is 0 Å². The van der Waals surface area contributed by atoms with E-state index in [1.165, 1.54) is 0 Å². The van der Waals surface area contributed by atoms with Crippen LogP contribution in [0.4, 0.5) is 3.89 Å². The molecule has 0 amide bonds. The van der Waals surface area contributed by atoms with Gasteiger partial charge in [-0.25, -0.2) is 8.42 Å². The second-order valence-corrected chi connectivity index (χ2v) is 2.16. The zero-order chi connectivity index (χ0) is 9.33. The summed E-state index contributed by atoms with van der Waals surface area (Å²) in [5.41, 5.74) is 0. The molecule has 0 atom stereocenters. The van der Waals surface area contributed by atoms with E-state index in [-0.39, 0.29) is 18.9 Å². The van der Waals surface area contributed by atoms with Crippen LogP contribution in [0.3, 0.4) is 0 Å². The molecule has 0 unspecified atom stereocenters. The van der Waals surface area contributed by atoms with E-state index in [4.69, 9.17) is 13.0 Å². The van der Waals surface area contributed by atoms with Crippen LogP contribution in [-0.2, 0) is 20.0 Å². The summed E-state index contributed by atoms with van der Waals surface area (Å²) < 4.78 is 44.6. The Morgan fingerprint density at radius 2 is 1.42 bits per heavy atom. The first-order valence-electron chi connectivity index (χ1n) is 2.55. The molecule has 0 aliphatic carbocycles. The molecule has 0 heterocycles. The van der Waals surface area contributed by atoms with Gasteiger partial charge in [0.2, 0.25) is 0 Å². The topological polar surface area (TPSA) is 75.7 Å². The van der Waals surface area contributed by atoms with Crippen molar-refractivity contribution in [3.63, 3.8) is 0 Å². The number of methoxy groups -OCH3 is 2. The Morgan fingerprint density at radius 1 is 1.25 bits per heavy atom. The van der Waals surface area contributed by atoms with Crippen LogP contribution in [-0.4, -0.2) is 40.4 Å². The van der Waals surface area contributed by atoms with Crippen molar-refractivity contribution < 1.29 is 45.2 Å². The van der Waals surface area contributed by atoms with E-state index in [9.17, 15) is 3.89 Å². The Balaban J connectivity index is -0.000000126. The van der Waals surface area contributed by atoms with Crippen molar-refractivity contribution in [2.75, 3.05) is 27.4 Å². The number of halogens is 1. The van der Waals surface area contributed by atoms with Gasteiger partial charge in [-0.3, -0.25) is 0 Å². The van der Waals surface area contributed by atoms with Gasteiger partial charge in [0.15, 0.2) is 0 Å². The summed E-state index contributed by atoms with van der Waals surface area (Å²) in [5.74, 6) is 0. The van der Waals surface area contributed by atoms with Gasteiger partial charge in [0.05, 0.1) is 13.2 Å². The first kappa shape index (κ1) is 18.2. The summed E-state index contributed by atoms with van der Waals surface area (Å²) in [7, 11) is -2.11. The molecule has 0 bridgehead atoms. The van der Waals surface area contributed by atoms with Gasteiger partial charge in [-0.15, -0.1) is 3.89 Å². The molecule has 0 aliphatic heterocycles. The largest absolute Gasteiger partial charge is 1.00 e. The standard InChI is InChI=1S/C4H10O2.FHO3S.Li/c1-5-3-4-6-2;1-5(2,3)4;/h3-4H2,1-2H3;(H,2,3,4);/q;;+1/p-1. The zero-order valence-corrected chi connectivity index (χ0v) is 8.06. The average Bonchev–Trinajstić information content (AvgIpc) is 1.79. The Hall–Kier alpha value is 0.357. The van der Waals surface area contributed by atoms with Crippen molar-refractivity contribution in [3.05, 3.63) is 0 Å². The fourth-order valence-electron chi connectivity index (χ4n) is 0.167. The molecule has 0 N–H and O–H groups in total. The second-order valence-electron chi connectivity index (χ2n) is 1.38. The number of hydrogen-bond donors (Lipinski definition) is 0. The van der Waals surface area contributed by atoms with Crippen molar-refractivity contribution in [3.8, 4) is 0 Å². The summed E-state index contributed by atoms with van der Waals surface area (Å²) in [4.78, 5) is 0. The van der Waals surface area contributed by atoms with Gasteiger partial charge < -0.3 is 14.0 Å². The van der Waals surface area contributed by atoms with Crippen LogP contribution < -0.4 is 18.9 Å². The molecule has 0 saturated heterocycles. The van der Waals surface area contributed by atoms with Gasteiger partial charge in [-0.1, -0.05) is 0 Å². The van der Waals surface area contributed by atoms with Crippen LogP contribution in [0.2, 0.25) is 0 Å². The van der Waals surface area contributed by atoms with Crippen LogP contribution >= 0.6 is 0 Å². The molecule has 0 aromatic heterocycles. The third-order valence-electron chi connectivity index (χ3n) is 0.492. The van der Waals surface area contributed by atoms with E-state index in [0.29, 0.717) is 13.2 Å². The molecular weight excluding hydrogens is 186 g/mol. The first-order valence-corrected chi connectivity index (χ1v) is 3.86. The third-order valence-corrected chi connectivity index (χ3v) is 0.492. The maximum Gasteiger partial charge on any atom is 1.00 e. The van der Waals surface area contributed by atoms with Crippen molar-refractivity contribution in [1.82, 2.24) is 0 Å². The van der Waals surface area contributed by atoms with Crippen LogP contribution in [0.15, 0.2) is 0 Å². The third kappa shape index (κ3) is 80.5. The predicted molar refractivity (Wildman–Crippen MR) is 34.6 cm³/mol. The summed E-state index contributed by atoms with van der Waals surface area (Å²) in [6.07, 6.45) is 0. The normalized spacial score (nSPS) is 9.33. The van der Waals surface area contributed by atoms with Crippen molar-refractivity contribution >= 4 is 10.5 Å². The van der Waals surface area contributed by atoms with Crippen molar-refractivity contribution in [2.45, 2.75) is 0 Å². The van der Waals surface area contributed by atoms with Gasteiger partial charge in [0.25, 0.3) is 10.5 Å². The first-order chi connectivity index (χ1) is 4.91. The molecular formula is C4H10FLiO5S. The molecule has 0 aromatic rings. The van der Waals surface area contributed by atoms with Crippen molar-refractivity contribution in [1.29, 1.82) is 0 Å². The molecule has 0 aromatic carbocycles. The smallest absolute Gasteiger partial charge is 0.722 e. The summed E-state index contributed by atoms with van der Waals surface area (Å²) in [6.45, 7) is 1.38. The van der Waals surface area contributed by atoms with E-state index in [1.54, 1.807) is 14.2 Å². The number of hydrogen-bond acceptors (Lipinski definition) is 5. The molecule has 0 fully saturated rings. The molecule has 0 radical (unpaired) electrons. The quantitative estimate of drug-likeness (QED) is 0.204. The van der Waals surface area contributed by atoms with Crippen LogP contribution in [0.5, 0.6) is 0 Å². The van der Waals surface area contributed by atoms with Gasteiger partial charge in [0.1, 0.15) is 0 Å². The maximum atomic E-state index is 10.1. The predicted octanol–water partition coefficient (Wildman–Crippen LogP) is -3.30. The minimum absolute atomic E-state index is 0. The molecule has 0 saturated carbocycles. The SMILES string of the molecule is COCCOC.O=S(=O)([O-])F.[Li+]. The van der Waals surface area contributed by atoms with Gasteiger partial charge >= 0.3 is 18.9 Å². The Bertz CT molecular complexity index is 147. The summed E-state index contributed by atoms with van der Waals surface area (Å²) in [5, 5.41) is 0. The zero-order valence-electron chi connectivity index (χ0n) is 7.24. The molecule has 0 aliphatic rings. The van der Waals surface area contributed by atoms with E-state index < -0.39 is 10.5 Å². The fourth-order valence-corrected chi connectivity index (χ4v) is 0.167. The van der Waals surface area contributed by atoms with E-state index in [2.05, 4.69) is 9.47 Å². The minimum Gasteiger partial charge on any atom is -0.722 e. The van der Waals surface area contributed by atoms with E-state index in [0.717, 1.165) is 0 Å². The Morgan fingerprint density at radius 3 is 1.50 bits per heavy atom. The van der Waals surface area contributed by atoms with E-state index >= 15 is 0 Å². The molecule has 5 nitrogen and oxygen atoms in total. The minimum atomic E-state index is -5.42. The molecule has 0 spiro atoms. The van der Waals surface area contributed by atoms with Gasteiger partial charge in [-0.2, -0.15) is 0 Å².